The lowest BCUT2D eigenvalue weighted by Crippen LogP contribution is -2.17. The Labute approximate surface area is 122 Å². The summed E-state index contributed by atoms with van der Waals surface area (Å²) in [4.78, 5) is 12.5. The van der Waals surface area contributed by atoms with E-state index in [9.17, 15) is 0 Å². The SMILES string of the molecule is CCc1cnc(CN(C)c2nc(C(C)(C)C)ns2)s1. The zero-order valence-corrected chi connectivity index (χ0v) is 13.7. The lowest BCUT2D eigenvalue weighted by atomic mass is 9.96. The van der Waals surface area contributed by atoms with Gasteiger partial charge in [0, 0.05) is 35.1 Å². The minimum atomic E-state index is 0.00610. The Bertz CT molecular complexity index is 539. The van der Waals surface area contributed by atoms with Crippen molar-refractivity contribution in [3.05, 3.63) is 21.9 Å². The molecular weight excluding hydrogens is 276 g/mol. The van der Waals surface area contributed by atoms with E-state index in [-0.39, 0.29) is 5.41 Å². The smallest absolute Gasteiger partial charge is 0.205 e. The Morgan fingerprint density at radius 3 is 2.58 bits per heavy atom. The van der Waals surface area contributed by atoms with Crippen LogP contribution in [0.1, 0.15) is 43.4 Å². The third kappa shape index (κ3) is 3.51. The summed E-state index contributed by atoms with van der Waals surface area (Å²) in [7, 11) is 2.04. The van der Waals surface area contributed by atoms with Gasteiger partial charge in [0.15, 0.2) is 0 Å². The number of rotatable bonds is 4. The van der Waals surface area contributed by atoms with Crippen LogP contribution in [0.5, 0.6) is 0 Å². The maximum Gasteiger partial charge on any atom is 0.205 e. The summed E-state index contributed by atoms with van der Waals surface area (Å²) in [6.45, 7) is 9.35. The predicted octanol–water partition coefficient (Wildman–Crippen LogP) is 3.49. The van der Waals surface area contributed by atoms with Crippen LogP contribution >= 0.6 is 22.9 Å². The molecule has 0 N–H and O–H groups in total. The van der Waals surface area contributed by atoms with Crippen molar-refractivity contribution in [1.82, 2.24) is 14.3 Å². The topological polar surface area (TPSA) is 41.9 Å². The average Bonchev–Trinajstić information content (AvgIpc) is 2.96. The lowest BCUT2D eigenvalue weighted by Gasteiger charge is -2.14. The van der Waals surface area contributed by atoms with Crippen molar-refractivity contribution >= 4 is 28.0 Å². The number of hydrogen-bond donors (Lipinski definition) is 0. The van der Waals surface area contributed by atoms with Crippen molar-refractivity contribution in [3.8, 4) is 0 Å². The van der Waals surface area contributed by atoms with Crippen LogP contribution in [-0.4, -0.2) is 21.4 Å². The van der Waals surface area contributed by atoms with Crippen molar-refractivity contribution in [2.45, 2.75) is 46.1 Å². The second kappa shape index (κ2) is 5.54. The molecule has 0 aliphatic rings. The van der Waals surface area contributed by atoms with Crippen LogP contribution in [0.2, 0.25) is 0 Å². The third-order valence-corrected chi connectivity index (χ3v) is 4.69. The molecule has 0 unspecified atom stereocenters. The fraction of sp³-hybridized carbons (Fsp3) is 0.615. The van der Waals surface area contributed by atoms with E-state index in [1.807, 2.05) is 13.2 Å². The quantitative estimate of drug-likeness (QED) is 0.866. The van der Waals surface area contributed by atoms with Gasteiger partial charge in [-0.25, -0.2) is 9.97 Å². The van der Waals surface area contributed by atoms with E-state index in [0.717, 1.165) is 28.9 Å². The molecule has 0 aliphatic heterocycles. The molecule has 0 aliphatic carbocycles. The summed E-state index contributed by atoms with van der Waals surface area (Å²) in [6, 6.07) is 0. The van der Waals surface area contributed by atoms with Gasteiger partial charge in [-0.1, -0.05) is 27.7 Å². The highest BCUT2D eigenvalue weighted by molar-refractivity contribution is 7.11. The van der Waals surface area contributed by atoms with E-state index in [1.54, 1.807) is 11.3 Å². The zero-order chi connectivity index (χ0) is 14.0. The molecular formula is C13H20N4S2. The highest BCUT2D eigenvalue weighted by Gasteiger charge is 2.21. The highest BCUT2D eigenvalue weighted by atomic mass is 32.1. The second-order valence-electron chi connectivity index (χ2n) is 5.58. The molecule has 0 amide bonds. The van der Waals surface area contributed by atoms with Crippen LogP contribution in [-0.2, 0) is 18.4 Å². The monoisotopic (exact) mass is 296 g/mol. The molecule has 6 heteroatoms. The first kappa shape index (κ1) is 14.4. The van der Waals surface area contributed by atoms with E-state index >= 15 is 0 Å². The Kier molecular flexibility index (Phi) is 4.20. The summed E-state index contributed by atoms with van der Waals surface area (Å²) in [5.74, 6) is 0.910. The van der Waals surface area contributed by atoms with E-state index in [1.165, 1.54) is 16.4 Å². The highest BCUT2D eigenvalue weighted by Crippen LogP contribution is 2.26. The first-order valence-electron chi connectivity index (χ1n) is 6.39. The number of thiazole rings is 1. The summed E-state index contributed by atoms with van der Waals surface area (Å²) in [5.41, 5.74) is 0.00610. The number of aromatic nitrogens is 3. The van der Waals surface area contributed by atoms with Gasteiger partial charge in [-0.3, -0.25) is 0 Å². The van der Waals surface area contributed by atoms with Crippen LogP contribution in [0, 0.1) is 0 Å². The van der Waals surface area contributed by atoms with Crippen molar-refractivity contribution in [1.29, 1.82) is 0 Å². The first-order chi connectivity index (χ1) is 8.90. The molecule has 0 fully saturated rings. The third-order valence-electron chi connectivity index (χ3n) is 2.74. The van der Waals surface area contributed by atoms with E-state index in [4.69, 9.17) is 0 Å². The maximum atomic E-state index is 4.61. The maximum absolute atomic E-state index is 4.61. The van der Waals surface area contributed by atoms with Gasteiger partial charge in [-0.05, 0) is 6.42 Å². The molecule has 4 nitrogen and oxygen atoms in total. The Morgan fingerprint density at radius 1 is 1.32 bits per heavy atom. The molecule has 2 aromatic heterocycles. The predicted molar refractivity (Wildman–Crippen MR) is 82.2 cm³/mol. The van der Waals surface area contributed by atoms with Gasteiger partial charge in [0.2, 0.25) is 5.13 Å². The van der Waals surface area contributed by atoms with Crippen molar-refractivity contribution in [3.63, 3.8) is 0 Å². The summed E-state index contributed by atoms with van der Waals surface area (Å²) in [5, 5.41) is 2.09. The summed E-state index contributed by atoms with van der Waals surface area (Å²) < 4.78 is 4.44. The average molecular weight is 296 g/mol. The molecule has 104 valence electrons. The Hall–Kier alpha value is -1.01. The first-order valence-corrected chi connectivity index (χ1v) is 7.98. The van der Waals surface area contributed by atoms with Crippen LogP contribution in [0.4, 0.5) is 5.13 Å². The second-order valence-corrected chi connectivity index (χ2v) is 7.51. The fourth-order valence-corrected chi connectivity index (χ4v) is 3.26. The van der Waals surface area contributed by atoms with Crippen LogP contribution in [0.15, 0.2) is 6.20 Å². The van der Waals surface area contributed by atoms with Gasteiger partial charge < -0.3 is 4.90 Å². The lowest BCUT2D eigenvalue weighted by molar-refractivity contribution is 0.554. The Balaban J connectivity index is 2.07. The van der Waals surface area contributed by atoms with E-state index in [0.29, 0.717) is 0 Å². The molecule has 2 heterocycles. The zero-order valence-electron chi connectivity index (χ0n) is 12.1. The molecule has 2 aromatic rings. The molecule has 0 aromatic carbocycles. The minimum Gasteiger partial charge on any atom is -0.343 e. The van der Waals surface area contributed by atoms with Gasteiger partial charge in [0.05, 0.1) is 6.54 Å². The molecule has 0 saturated carbocycles. The van der Waals surface area contributed by atoms with Gasteiger partial charge in [-0.2, -0.15) is 4.37 Å². The van der Waals surface area contributed by atoms with Gasteiger partial charge in [-0.15, -0.1) is 11.3 Å². The number of hydrogen-bond acceptors (Lipinski definition) is 6. The van der Waals surface area contributed by atoms with Crippen molar-refractivity contribution in [2.75, 3.05) is 11.9 Å². The van der Waals surface area contributed by atoms with Crippen molar-refractivity contribution < 1.29 is 0 Å². The fourth-order valence-electron chi connectivity index (χ4n) is 1.53. The van der Waals surface area contributed by atoms with Crippen molar-refractivity contribution in [2.24, 2.45) is 0 Å². The molecule has 2 rings (SSSR count). The molecule has 0 saturated heterocycles. The summed E-state index contributed by atoms with van der Waals surface area (Å²) >= 11 is 3.23. The number of nitrogens with zero attached hydrogens (tertiary/aromatic N) is 4. The number of anilines is 1. The van der Waals surface area contributed by atoms with Gasteiger partial charge in [0.1, 0.15) is 10.8 Å². The molecule has 0 radical (unpaired) electrons. The van der Waals surface area contributed by atoms with Crippen LogP contribution < -0.4 is 4.90 Å². The molecule has 0 bridgehead atoms. The van der Waals surface area contributed by atoms with Crippen LogP contribution in [0.25, 0.3) is 0 Å². The Morgan fingerprint density at radius 2 is 2.05 bits per heavy atom. The van der Waals surface area contributed by atoms with E-state index in [2.05, 4.69) is 46.9 Å². The largest absolute Gasteiger partial charge is 0.343 e. The summed E-state index contributed by atoms with van der Waals surface area (Å²) in [6.07, 6.45) is 3.02. The molecule has 0 spiro atoms. The minimum absolute atomic E-state index is 0.00610. The number of aryl methyl sites for hydroxylation is 1. The van der Waals surface area contributed by atoms with Crippen LogP contribution in [0.3, 0.4) is 0 Å². The molecule has 19 heavy (non-hydrogen) atoms. The standard InChI is InChI=1S/C13H20N4S2/c1-6-9-7-14-10(18-9)8-17(5)12-15-11(16-19-12)13(2,3)4/h7H,6,8H2,1-5H3. The normalized spacial score (nSPS) is 11.8. The van der Waals surface area contributed by atoms with Gasteiger partial charge >= 0.3 is 0 Å². The van der Waals surface area contributed by atoms with Gasteiger partial charge in [0.25, 0.3) is 0 Å². The van der Waals surface area contributed by atoms with E-state index < -0.39 is 0 Å². The molecule has 0 atom stereocenters.